The van der Waals surface area contributed by atoms with E-state index in [2.05, 4.69) is 15.6 Å². The van der Waals surface area contributed by atoms with Gasteiger partial charge in [-0.15, -0.1) is 0 Å². The summed E-state index contributed by atoms with van der Waals surface area (Å²) in [6, 6.07) is 8.14. The molecule has 2 rings (SSSR count). The Labute approximate surface area is 127 Å². The molecule has 0 saturated heterocycles. The average molecular weight is 310 g/mol. The maximum absolute atomic E-state index is 11.9. The van der Waals surface area contributed by atoms with E-state index in [1.807, 2.05) is 19.9 Å². The molecular weight excluding hydrogens is 297 g/mol. The Morgan fingerprint density at radius 1 is 1.10 bits per heavy atom. The molecule has 1 heterocycles. The third kappa shape index (κ3) is 3.85. The van der Waals surface area contributed by atoms with Crippen molar-refractivity contribution < 1.29 is 4.79 Å². The predicted octanol–water partition coefficient (Wildman–Crippen LogP) is 4.65. The van der Waals surface area contributed by atoms with Gasteiger partial charge in [0, 0.05) is 10.7 Å². The molecule has 4 nitrogen and oxygen atoms in total. The largest absolute Gasteiger partial charge is 0.324 e. The van der Waals surface area contributed by atoms with Crippen LogP contribution in [0.15, 0.2) is 30.3 Å². The van der Waals surface area contributed by atoms with Gasteiger partial charge in [-0.3, -0.25) is 5.32 Å². The highest BCUT2D eigenvalue weighted by Gasteiger charge is 2.08. The van der Waals surface area contributed by atoms with Crippen LogP contribution in [-0.2, 0) is 0 Å². The lowest BCUT2D eigenvalue weighted by atomic mass is 10.2. The van der Waals surface area contributed by atoms with Crippen LogP contribution in [0.25, 0.3) is 0 Å². The van der Waals surface area contributed by atoms with Gasteiger partial charge < -0.3 is 5.32 Å². The van der Waals surface area contributed by atoms with E-state index in [9.17, 15) is 4.79 Å². The van der Waals surface area contributed by atoms with E-state index in [-0.39, 0.29) is 0 Å². The number of carbonyl (C=O) groups excluding carboxylic acids is 1. The maximum atomic E-state index is 11.9. The van der Waals surface area contributed by atoms with Gasteiger partial charge in [0.2, 0.25) is 0 Å². The third-order valence-corrected chi connectivity index (χ3v) is 3.08. The van der Waals surface area contributed by atoms with E-state index < -0.39 is 6.03 Å². The fourth-order valence-electron chi connectivity index (χ4n) is 1.77. The number of hydrogen-bond acceptors (Lipinski definition) is 2. The van der Waals surface area contributed by atoms with E-state index in [1.165, 1.54) is 0 Å². The van der Waals surface area contributed by atoms with Gasteiger partial charge in [0.1, 0.15) is 5.82 Å². The Kier molecular flexibility index (Phi) is 4.47. The Morgan fingerprint density at radius 3 is 2.55 bits per heavy atom. The first-order chi connectivity index (χ1) is 9.44. The summed E-state index contributed by atoms with van der Waals surface area (Å²) in [5, 5.41) is 6.20. The third-order valence-electron chi connectivity index (χ3n) is 2.52. The summed E-state index contributed by atoms with van der Waals surface area (Å²) in [4.78, 5) is 16.1. The number of halogens is 2. The molecule has 0 bridgehead atoms. The molecule has 1 aromatic heterocycles. The van der Waals surface area contributed by atoms with Crippen LogP contribution < -0.4 is 10.6 Å². The molecule has 0 aliphatic rings. The van der Waals surface area contributed by atoms with Crippen molar-refractivity contribution in [2.45, 2.75) is 13.8 Å². The van der Waals surface area contributed by atoms with E-state index in [4.69, 9.17) is 23.2 Å². The average Bonchev–Trinajstić information content (AvgIpc) is 2.32. The molecule has 6 heteroatoms. The fraction of sp³-hybridized carbons (Fsp3) is 0.143. The van der Waals surface area contributed by atoms with Crippen molar-refractivity contribution in [1.29, 1.82) is 0 Å². The lowest BCUT2D eigenvalue weighted by molar-refractivity contribution is 0.262. The van der Waals surface area contributed by atoms with Crippen LogP contribution in [0.5, 0.6) is 0 Å². The monoisotopic (exact) mass is 309 g/mol. The minimum atomic E-state index is -0.424. The number of pyridine rings is 1. The van der Waals surface area contributed by atoms with Crippen LogP contribution >= 0.6 is 23.2 Å². The summed E-state index contributed by atoms with van der Waals surface area (Å²) in [6.07, 6.45) is 0. The first-order valence-electron chi connectivity index (χ1n) is 5.92. The molecule has 0 atom stereocenters. The number of nitrogens with zero attached hydrogens (tertiary/aromatic N) is 1. The Balaban J connectivity index is 2.11. The summed E-state index contributed by atoms with van der Waals surface area (Å²) < 4.78 is 0. The Hall–Kier alpha value is -1.78. The van der Waals surface area contributed by atoms with Gasteiger partial charge in [0.05, 0.1) is 10.7 Å². The van der Waals surface area contributed by atoms with E-state index >= 15 is 0 Å². The first-order valence-corrected chi connectivity index (χ1v) is 6.68. The predicted molar refractivity (Wildman–Crippen MR) is 82.8 cm³/mol. The van der Waals surface area contributed by atoms with Gasteiger partial charge >= 0.3 is 6.03 Å². The van der Waals surface area contributed by atoms with Gasteiger partial charge in [-0.25, -0.2) is 9.78 Å². The Bertz CT molecular complexity index is 639. The van der Waals surface area contributed by atoms with Crippen molar-refractivity contribution in [3.8, 4) is 0 Å². The molecule has 0 aliphatic carbocycles. The van der Waals surface area contributed by atoms with E-state index in [0.717, 1.165) is 11.3 Å². The summed E-state index contributed by atoms with van der Waals surface area (Å²) in [5.41, 5.74) is 2.30. The number of urea groups is 1. The van der Waals surface area contributed by atoms with Gasteiger partial charge in [-0.1, -0.05) is 23.2 Å². The lowest BCUT2D eigenvalue weighted by Crippen LogP contribution is -2.20. The zero-order valence-electron chi connectivity index (χ0n) is 11.0. The molecule has 1 aromatic carbocycles. The number of hydrogen-bond donors (Lipinski definition) is 2. The second-order valence-electron chi connectivity index (χ2n) is 4.37. The zero-order chi connectivity index (χ0) is 14.7. The Morgan fingerprint density at radius 2 is 1.85 bits per heavy atom. The van der Waals surface area contributed by atoms with Gasteiger partial charge in [-0.05, 0) is 49.7 Å². The molecular formula is C14H13Cl2N3O. The molecule has 20 heavy (non-hydrogen) atoms. The molecule has 0 fully saturated rings. The highest BCUT2D eigenvalue weighted by atomic mass is 35.5. The highest BCUT2D eigenvalue weighted by molar-refractivity contribution is 6.35. The topological polar surface area (TPSA) is 54.0 Å². The summed E-state index contributed by atoms with van der Waals surface area (Å²) in [7, 11) is 0. The molecule has 0 spiro atoms. The number of benzene rings is 1. The number of aryl methyl sites for hydroxylation is 2. The van der Waals surface area contributed by atoms with E-state index in [0.29, 0.717) is 21.6 Å². The number of carbonyl (C=O) groups is 1. The second-order valence-corrected chi connectivity index (χ2v) is 5.22. The summed E-state index contributed by atoms with van der Waals surface area (Å²) in [6.45, 7) is 3.80. The maximum Gasteiger partial charge on any atom is 0.324 e. The van der Waals surface area contributed by atoms with E-state index in [1.54, 1.807) is 24.3 Å². The summed E-state index contributed by atoms with van der Waals surface area (Å²) in [5.74, 6) is 0.484. The number of nitrogens with one attached hydrogen (secondary N) is 2. The highest BCUT2D eigenvalue weighted by Crippen LogP contribution is 2.25. The van der Waals surface area contributed by atoms with Crippen molar-refractivity contribution in [2.75, 3.05) is 10.6 Å². The molecule has 0 radical (unpaired) electrons. The minimum Gasteiger partial charge on any atom is -0.306 e. The van der Waals surface area contributed by atoms with Crippen molar-refractivity contribution in [3.05, 3.63) is 51.6 Å². The lowest BCUT2D eigenvalue weighted by Gasteiger charge is -2.10. The van der Waals surface area contributed by atoms with Crippen LogP contribution in [0, 0.1) is 13.8 Å². The smallest absolute Gasteiger partial charge is 0.306 e. The number of amides is 2. The van der Waals surface area contributed by atoms with Crippen LogP contribution in [-0.4, -0.2) is 11.0 Å². The number of anilines is 2. The molecule has 0 unspecified atom stereocenters. The molecule has 0 saturated carbocycles. The quantitative estimate of drug-likeness (QED) is 0.848. The fourth-order valence-corrected chi connectivity index (χ4v) is 2.11. The van der Waals surface area contributed by atoms with Crippen molar-refractivity contribution in [2.24, 2.45) is 0 Å². The van der Waals surface area contributed by atoms with Crippen molar-refractivity contribution in [1.82, 2.24) is 4.98 Å². The molecule has 2 amide bonds. The number of aromatic nitrogens is 1. The minimum absolute atomic E-state index is 0.415. The SMILES string of the molecule is Cc1cc(C)nc(NC(=O)Nc2cc(Cl)ccc2Cl)c1. The van der Waals surface area contributed by atoms with Gasteiger partial charge in [-0.2, -0.15) is 0 Å². The molecule has 0 aliphatic heterocycles. The zero-order valence-corrected chi connectivity index (χ0v) is 12.5. The van der Waals surface area contributed by atoms with Gasteiger partial charge in [0.15, 0.2) is 0 Å². The molecule has 2 aromatic rings. The first kappa shape index (κ1) is 14.6. The normalized spacial score (nSPS) is 10.2. The van der Waals surface area contributed by atoms with Crippen LogP contribution in [0.4, 0.5) is 16.3 Å². The summed E-state index contributed by atoms with van der Waals surface area (Å²) >= 11 is 11.8. The van der Waals surface area contributed by atoms with Gasteiger partial charge in [0.25, 0.3) is 0 Å². The van der Waals surface area contributed by atoms with Crippen LogP contribution in [0.3, 0.4) is 0 Å². The standard InChI is InChI=1S/C14H13Cl2N3O/c1-8-5-9(2)17-13(6-8)19-14(20)18-12-7-10(15)3-4-11(12)16/h3-7H,1-2H3,(H2,17,18,19,20). The van der Waals surface area contributed by atoms with Crippen LogP contribution in [0.1, 0.15) is 11.3 Å². The molecule has 104 valence electrons. The van der Waals surface area contributed by atoms with Crippen molar-refractivity contribution in [3.63, 3.8) is 0 Å². The number of rotatable bonds is 2. The van der Waals surface area contributed by atoms with Crippen molar-refractivity contribution >= 4 is 40.7 Å². The second kappa shape index (κ2) is 6.11. The van der Waals surface area contributed by atoms with Crippen LogP contribution in [0.2, 0.25) is 10.0 Å². The molecule has 2 N–H and O–H groups in total.